The van der Waals surface area contributed by atoms with Crippen LogP contribution in [0.3, 0.4) is 0 Å². The zero-order chi connectivity index (χ0) is 19.3. The minimum absolute atomic E-state index is 0.178. The van der Waals surface area contributed by atoms with Gasteiger partial charge in [0.1, 0.15) is 5.39 Å². The SMILES string of the molecule is Cn1c(N2CCC(C)(N)CC2)nc2n[nH]c(-c3cccc(Cl)c3Cl)c2c1=O. The number of halogens is 2. The number of hydrogen-bond acceptors (Lipinski definition) is 5. The van der Waals surface area contributed by atoms with Crippen LogP contribution in [-0.4, -0.2) is 38.4 Å². The van der Waals surface area contributed by atoms with Crippen LogP contribution < -0.4 is 16.2 Å². The van der Waals surface area contributed by atoms with Gasteiger partial charge in [0, 0.05) is 31.2 Å². The summed E-state index contributed by atoms with van der Waals surface area (Å²) in [5.74, 6) is 0.596. The minimum atomic E-state index is -0.184. The molecule has 1 fully saturated rings. The molecule has 4 rings (SSSR count). The van der Waals surface area contributed by atoms with E-state index in [1.807, 2.05) is 0 Å². The second kappa shape index (κ2) is 6.51. The molecule has 7 nitrogen and oxygen atoms in total. The largest absolute Gasteiger partial charge is 0.342 e. The molecule has 0 aliphatic carbocycles. The number of hydrogen-bond donors (Lipinski definition) is 2. The number of nitrogens with one attached hydrogen (secondary N) is 1. The average Bonchev–Trinajstić information content (AvgIpc) is 3.04. The second-order valence-electron chi connectivity index (χ2n) is 7.32. The molecule has 1 aliphatic heterocycles. The molecule has 1 aromatic carbocycles. The molecule has 0 atom stereocenters. The summed E-state index contributed by atoms with van der Waals surface area (Å²) < 4.78 is 1.55. The summed E-state index contributed by atoms with van der Waals surface area (Å²) in [7, 11) is 1.72. The number of piperidine rings is 1. The van der Waals surface area contributed by atoms with Crippen molar-refractivity contribution in [2.75, 3.05) is 18.0 Å². The fourth-order valence-corrected chi connectivity index (χ4v) is 3.83. The molecule has 0 radical (unpaired) electrons. The Kier molecular flexibility index (Phi) is 4.41. The minimum Gasteiger partial charge on any atom is -0.342 e. The van der Waals surface area contributed by atoms with Crippen LogP contribution in [0.5, 0.6) is 0 Å². The van der Waals surface area contributed by atoms with Crippen molar-refractivity contribution in [2.45, 2.75) is 25.3 Å². The van der Waals surface area contributed by atoms with Crippen LogP contribution in [-0.2, 0) is 7.05 Å². The molecule has 1 aliphatic rings. The van der Waals surface area contributed by atoms with E-state index in [2.05, 4.69) is 27.0 Å². The van der Waals surface area contributed by atoms with Crippen LogP contribution in [0.4, 0.5) is 5.95 Å². The van der Waals surface area contributed by atoms with Crippen molar-refractivity contribution in [3.05, 3.63) is 38.6 Å². The van der Waals surface area contributed by atoms with Gasteiger partial charge in [-0.2, -0.15) is 10.1 Å². The molecule has 27 heavy (non-hydrogen) atoms. The Labute approximate surface area is 166 Å². The summed E-state index contributed by atoms with van der Waals surface area (Å²) in [4.78, 5) is 19.8. The first-order valence-electron chi connectivity index (χ1n) is 8.72. The predicted molar refractivity (Wildman–Crippen MR) is 109 cm³/mol. The van der Waals surface area contributed by atoms with Crippen molar-refractivity contribution in [3.63, 3.8) is 0 Å². The Balaban J connectivity index is 1.83. The van der Waals surface area contributed by atoms with Gasteiger partial charge < -0.3 is 10.6 Å². The lowest BCUT2D eigenvalue weighted by atomic mass is 9.91. The zero-order valence-corrected chi connectivity index (χ0v) is 16.6. The normalized spacial score (nSPS) is 16.9. The molecule has 0 bridgehead atoms. The van der Waals surface area contributed by atoms with Gasteiger partial charge in [0.05, 0.1) is 15.7 Å². The number of fused-ring (bicyclic) bond motifs is 1. The maximum atomic E-state index is 13.1. The van der Waals surface area contributed by atoms with E-state index in [4.69, 9.17) is 28.9 Å². The van der Waals surface area contributed by atoms with Gasteiger partial charge in [0.25, 0.3) is 5.56 Å². The molecule has 0 unspecified atom stereocenters. The number of aromatic amines is 1. The van der Waals surface area contributed by atoms with Crippen LogP contribution in [0.2, 0.25) is 10.0 Å². The molecular weight excluding hydrogens is 387 g/mol. The van der Waals surface area contributed by atoms with Crippen molar-refractivity contribution < 1.29 is 0 Å². The molecule has 0 amide bonds. The molecule has 3 aromatic rings. The lowest BCUT2D eigenvalue weighted by molar-refractivity contribution is 0.360. The fraction of sp³-hybridized carbons (Fsp3) is 0.389. The van der Waals surface area contributed by atoms with Crippen LogP contribution in [0.15, 0.2) is 23.0 Å². The van der Waals surface area contributed by atoms with Gasteiger partial charge in [-0.3, -0.25) is 14.5 Å². The summed E-state index contributed by atoms with van der Waals surface area (Å²) in [6.07, 6.45) is 1.68. The summed E-state index contributed by atoms with van der Waals surface area (Å²) >= 11 is 12.4. The summed E-state index contributed by atoms with van der Waals surface area (Å²) in [6.45, 7) is 3.54. The molecule has 3 heterocycles. The Morgan fingerprint density at radius 1 is 1.26 bits per heavy atom. The molecule has 3 N–H and O–H groups in total. The topological polar surface area (TPSA) is 92.8 Å². The van der Waals surface area contributed by atoms with Crippen LogP contribution in [0, 0.1) is 0 Å². The van der Waals surface area contributed by atoms with Crippen molar-refractivity contribution in [1.82, 2.24) is 19.7 Å². The lowest BCUT2D eigenvalue weighted by Gasteiger charge is -2.37. The molecule has 9 heteroatoms. The Morgan fingerprint density at radius 3 is 2.67 bits per heavy atom. The third kappa shape index (κ3) is 3.09. The number of rotatable bonds is 2. The number of nitrogens with zero attached hydrogens (tertiary/aromatic N) is 4. The highest BCUT2D eigenvalue weighted by molar-refractivity contribution is 6.43. The zero-order valence-electron chi connectivity index (χ0n) is 15.1. The van der Waals surface area contributed by atoms with Gasteiger partial charge in [-0.25, -0.2) is 0 Å². The van der Waals surface area contributed by atoms with E-state index in [1.165, 1.54) is 0 Å². The Morgan fingerprint density at radius 2 is 1.96 bits per heavy atom. The van der Waals surface area contributed by atoms with Crippen molar-refractivity contribution >= 4 is 40.2 Å². The monoisotopic (exact) mass is 406 g/mol. The maximum Gasteiger partial charge on any atom is 0.266 e. The third-order valence-electron chi connectivity index (χ3n) is 5.18. The molecule has 142 valence electrons. The quantitative estimate of drug-likeness (QED) is 0.682. The third-order valence-corrected chi connectivity index (χ3v) is 6.00. The second-order valence-corrected chi connectivity index (χ2v) is 8.10. The lowest BCUT2D eigenvalue weighted by Crippen LogP contribution is -2.49. The number of anilines is 1. The van der Waals surface area contributed by atoms with Gasteiger partial charge >= 0.3 is 0 Å². The standard InChI is InChI=1S/C18H20Cl2N6O/c1-18(21)6-8-26(9-7-18)17-22-15-12(16(27)25(17)2)14(23-24-15)10-4-3-5-11(19)13(10)20/h3-5H,6-9,21H2,1-2H3,(H,23,24). The van der Waals surface area contributed by atoms with Crippen molar-refractivity contribution in [1.29, 1.82) is 0 Å². The molecule has 1 saturated heterocycles. The fourth-order valence-electron chi connectivity index (χ4n) is 3.44. The van der Waals surface area contributed by atoms with Crippen LogP contribution in [0.1, 0.15) is 19.8 Å². The van der Waals surface area contributed by atoms with E-state index in [0.717, 1.165) is 25.9 Å². The van der Waals surface area contributed by atoms with Crippen molar-refractivity contribution in [3.8, 4) is 11.3 Å². The maximum absolute atomic E-state index is 13.1. The summed E-state index contributed by atoms with van der Waals surface area (Å²) in [6, 6.07) is 5.27. The highest BCUT2D eigenvalue weighted by Crippen LogP contribution is 2.35. The van der Waals surface area contributed by atoms with E-state index < -0.39 is 0 Å². The van der Waals surface area contributed by atoms with E-state index >= 15 is 0 Å². The van der Waals surface area contributed by atoms with Gasteiger partial charge in [-0.05, 0) is 25.8 Å². The molecule has 0 saturated carbocycles. The molecular formula is C18H20Cl2N6O. The Hall–Kier alpha value is -2.09. The first-order valence-corrected chi connectivity index (χ1v) is 9.47. The average molecular weight is 407 g/mol. The van der Waals surface area contributed by atoms with E-state index in [9.17, 15) is 4.79 Å². The highest BCUT2D eigenvalue weighted by Gasteiger charge is 2.28. The number of aromatic nitrogens is 4. The number of H-pyrrole nitrogens is 1. The van der Waals surface area contributed by atoms with Crippen molar-refractivity contribution in [2.24, 2.45) is 12.8 Å². The first kappa shape index (κ1) is 18.3. The first-order chi connectivity index (χ1) is 12.8. The molecule has 2 aromatic heterocycles. The number of benzene rings is 1. The van der Waals surface area contributed by atoms with E-state index in [-0.39, 0.29) is 11.1 Å². The Bertz CT molecular complexity index is 1080. The summed E-state index contributed by atoms with van der Waals surface area (Å²) in [5, 5.41) is 8.33. The van der Waals surface area contributed by atoms with Crippen LogP contribution >= 0.6 is 23.2 Å². The molecule has 0 spiro atoms. The van der Waals surface area contributed by atoms with Gasteiger partial charge in [-0.15, -0.1) is 0 Å². The van der Waals surface area contributed by atoms with Crippen LogP contribution in [0.25, 0.3) is 22.3 Å². The van der Waals surface area contributed by atoms with Gasteiger partial charge in [-0.1, -0.05) is 35.3 Å². The van der Waals surface area contributed by atoms with Gasteiger partial charge in [0.15, 0.2) is 5.65 Å². The number of nitrogens with two attached hydrogens (primary N) is 1. The van der Waals surface area contributed by atoms with Gasteiger partial charge in [0.2, 0.25) is 5.95 Å². The summed E-state index contributed by atoms with van der Waals surface area (Å²) in [5.41, 5.74) is 7.35. The predicted octanol–water partition coefficient (Wildman–Crippen LogP) is 2.95. The highest BCUT2D eigenvalue weighted by atomic mass is 35.5. The van der Waals surface area contributed by atoms with E-state index in [0.29, 0.717) is 38.3 Å². The van der Waals surface area contributed by atoms with E-state index in [1.54, 1.807) is 29.8 Å². The smallest absolute Gasteiger partial charge is 0.266 e.